The van der Waals surface area contributed by atoms with Crippen LogP contribution in [0, 0.1) is 17.7 Å². The lowest BCUT2D eigenvalue weighted by Gasteiger charge is -2.33. The van der Waals surface area contributed by atoms with Crippen LogP contribution in [0.25, 0.3) is 0 Å². The van der Waals surface area contributed by atoms with E-state index in [1.165, 1.54) is 16.7 Å². The van der Waals surface area contributed by atoms with Crippen molar-refractivity contribution in [2.24, 2.45) is 5.73 Å². The summed E-state index contributed by atoms with van der Waals surface area (Å²) in [6.07, 6.45) is 1.71. The van der Waals surface area contributed by atoms with Gasteiger partial charge >= 0.3 is 11.7 Å². The van der Waals surface area contributed by atoms with Gasteiger partial charge in [0.1, 0.15) is 11.6 Å². The molecule has 1 fully saturated rings. The zero-order valence-electron chi connectivity index (χ0n) is 16.6. The Morgan fingerprint density at radius 3 is 2.73 bits per heavy atom. The molecule has 0 unspecified atom stereocenters. The molecule has 0 radical (unpaired) electrons. The van der Waals surface area contributed by atoms with E-state index >= 15 is 0 Å². The van der Waals surface area contributed by atoms with E-state index in [1.54, 1.807) is 6.92 Å². The fourth-order valence-electron chi connectivity index (χ4n) is 3.59. The van der Waals surface area contributed by atoms with Crippen LogP contribution in [0.4, 0.5) is 10.2 Å². The first-order valence-corrected chi connectivity index (χ1v) is 9.58. The minimum absolute atomic E-state index is 0.0562. The van der Waals surface area contributed by atoms with Crippen LogP contribution in [0.2, 0.25) is 0 Å². The molecule has 1 saturated heterocycles. The number of anilines is 1. The molecule has 158 valence electrons. The van der Waals surface area contributed by atoms with Gasteiger partial charge in [-0.15, -0.1) is 5.92 Å². The van der Waals surface area contributed by atoms with Gasteiger partial charge in [-0.1, -0.05) is 12.0 Å². The second-order valence-corrected chi connectivity index (χ2v) is 7.18. The van der Waals surface area contributed by atoms with Crippen molar-refractivity contribution in [3.05, 3.63) is 62.0 Å². The maximum absolute atomic E-state index is 13.5. The van der Waals surface area contributed by atoms with Crippen molar-refractivity contribution < 1.29 is 14.3 Å². The highest BCUT2D eigenvalue weighted by atomic mass is 19.1. The number of aromatic nitrogens is 2. The van der Waals surface area contributed by atoms with Crippen LogP contribution in [0.15, 0.2) is 33.9 Å². The van der Waals surface area contributed by atoms with Gasteiger partial charge in [-0.05, 0) is 37.5 Å². The second kappa shape index (κ2) is 8.97. The Labute approximate surface area is 172 Å². The SMILES string of the molecule is CC#CCn1c(N2CCC[C@@H](N)C2)cc(=O)n(Cc2ccc(F)cc2C(=O)O)c1=O. The highest BCUT2D eigenvalue weighted by molar-refractivity contribution is 5.89. The van der Waals surface area contributed by atoms with Gasteiger partial charge in [-0.25, -0.2) is 14.0 Å². The number of benzene rings is 1. The maximum atomic E-state index is 13.5. The number of nitrogens with zero attached hydrogens (tertiary/aromatic N) is 3. The summed E-state index contributed by atoms with van der Waals surface area (Å²) in [6.45, 7) is 2.61. The number of halogens is 1. The molecule has 1 aliphatic heterocycles. The molecular weight excluding hydrogens is 391 g/mol. The third kappa shape index (κ3) is 4.44. The first-order chi connectivity index (χ1) is 14.3. The fourth-order valence-corrected chi connectivity index (χ4v) is 3.59. The van der Waals surface area contributed by atoms with Gasteiger partial charge in [-0.3, -0.25) is 13.9 Å². The van der Waals surface area contributed by atoms with E-state index < -0.39 is 23.0 Å². The van der Waals surface area contributed by atoms with Gasteiger partial charge in [0, 0.05) is 25.2 Å². The van der Waals surface area contributed by atoms with E-state index in [0.717, 1.165) is 29.5 Å². The summed E-state index contributed by atoms with van der Waals surface area (Å²) in [4.78, 5) is 39.3. The lowest BCUT2D eigenvalue weighted by molar-refractivity contribution is 0.0695. The fraction of sp³-hybridized carbons (Fsp3) is 0.381. The smallest absolute Gasteiger partial charge is 0.336 e. The van der Waals surface area contributed by atoms with Crippen LogP contribution in [-0.2, 0) is 13.1 Å². The summed E-state index contributed by atoms with van der Waals surface area (Å²) < 4.78 is 15.8. The summed E-state index contributed by atoms with van der Waals surface area (Å²) in [5.41, 5.74) is 4.72. The summed E-state index contributed by atoms with van der Waals surface area (Å²) in [5, 5.41) is 9.34. The Bertz CT molecular complexity index is 1140. The molecule has 0 aliphatic carbocycles. The highest BCUT2D eigenvalue weighted by Crippen LogP contribution is 2.17. The summed E-state index contributed by atoms with van der Waals surface area (Å²) in [6, 6.07) is 4.52. The minimum Gasteiger partial charge on any atom is -0.478 e. The Balaban J connectivity index is 2.11. The summed E-state index contributed by atoms with van der Waals surface area (Å²) in [7, 11) is 0. The molecule has 0 saturated carbocycles. The first kappa shape index (κ1) is 21.3. The monoisotopic (exact) mass is 414 g/mol. The number of carboxylic acid groups (broad SMARTS) is 1. The quantitative estimate of drug-likeness (QED) is 0.702. The first-order valence-electron chi connectivity index (χ1n) is 9.58. The Morgan fingerprint density at radius 2 is 2.07 bits per heavy atom. The largest absolute Gasteiger partial charge is 0.478 e. The zero-order chi connectivity index (χ0) is 21.8. The summed E-state index contributed by atoms with van der Waals surface area (Å²) >= 11 is 0. The molecule has 0 amide bonds. The molecule has 9 heteroatoms. The predicted octanol–water partition coefficient (Wildman–Crippen LogP) is 0.846. The third-order valence-electron chi connectivity index (χ3n) is 5.08. The molecule has 30 heavy (non-hydrogen) atoms. The molecule has 1 aromatic carbocycles. The second-order valence-electron chi connectivity index (χ2n) is 7.18. The van der Waals surface area contributed by atoms with Crippen molar-refractivity contribution in [2.45, 2.75) is 38.9 Å². The molecular formula is C21H23FN4O4. The molecule has 0 bridgehead atoms. The lowest BCUT2D eigenvalue weighted by Crippen LogP contribution is -2.48. The number of piperidine rings is 1. The third-order valence-corrected chi connectivity index (χ3v) is 5.08. The van der Waals surface area contributed by atoms with Crippen LogP contribution in [0.5, 0.6) is 0 Å². The average molecular weight is 414 g/mol. The number of rotatable bonds is 5. The van der Waals surface area contributed by atoms with E-state index in [0.29, 0.717) is 18.9 Å². The zero-order valence-corrected chi connectivity index (χ0v) is 16.6. The van der Waals surface area contributed by atoms with Crippen LogP contribution in [-0.4, -0.2) is 39.3 Å². The topological polar surface area (TPSA) is 111 Å². The molecule has 1 aromatic heterocycles. The van der Waals surface area contributed by atoms with Crippen LogP contribution in [0.3, 0.4) is 0 Å². The Hall–Kier alpha value is -3.38. The highest BCUT2D eigenvalue weighted by Gasteiger charge is 2.22. The molecule has 3 rings (SSSR count). The Morgan fingerprint density at radius 1 is 1.30 bits per heavy atom. The summed E-state index contributed by atoms with van der Waals surface area (Å²) in [5.74, 6) is 3.97. The van der Waals surface area contributed by atoms with Gasteiger partial charge in [0.15, 0.2) is 0 Å². The predicted molar refractivity (Wildman–Crippen MR) is 110 cm³/mol. The normalized spacial score (nSPS) is 16.1. The minimum atomic E-state index is -1.34. The van der Waals surface area contributed by atoms with Gasteiger partial charge in [0.05, 0.1) is 18.7 Å². The number of carboxylic acids is 1. The maximum Gasteiger partial charge on any atom is 0.336 e. The molecule has 1 aliphatic rings. The van der Waals surface area contributed by atoms with Gasteiger partial charge in [0.2, 0.25) is 0 Å². The molecule has 8 nitrogen and oxygen atoms in total. The molecule has 0 spiro atoms. The standard InChI is InChI=1S/C21H23FN4O4/c1-2-3-9-25-18(24-8-4-5-16(23)13-24)11-19(27)26(21(25)30)12-14-6-7-15(22)10-17(14)20(28)29/h6-7,10-11,16H,4-5,8-9,12-13,23H2,1H3,(H,28,29)/t16-/m1/s1. The van der Waals surface area contributed by atoms with Crippen LogP contribution < -0.4 is 21.9 Å². The number of carbonyl (C=O) groups is 1. The Kier molecular flexibility index (Phi) is 6.37. The van der Waals surface area contributed by atoms with E-state index in [-0.39, 0.29) is 30.3 Å². The number of hydrogen-bond donors (Lipinski definition) is 2. The van der Waals surface area contributed by atoms with Crippen molar-refractivity contribution >= 4 is 11.8 Å². The van der Waals surface area contributed by atoms with Gasteiger partial charge in [-0.2, -0.15) is 0 Å². The van der Waals surface area contributed by atoms with Gasteiger partial charge in [0.25, 0.3) is 5.56 Å². The van der Waals surface area contributed by atoms with E-state index in [1.807, 2.05) is 4.90 Å². The van der Waals surface area contributed by atoms with E-state index in [2.05, 4.69) is 11.8 Å². The van der Waals surface area contributed by atoms with Gasteiger partial charge < -0.3 is 15.7 Å². The number of aromatic carboxylic acids is 1. The number of nitrogens with two attached hydrogens (primary N) is 1. The molecule has 2 heterocycles. The van der Waals surface area contributed by atoms with Crippen molar-refractivity contribution in [3.8, 4) is 11.8 Å². The average Bonchev–Trinajstić information content (AvgIpc) is 2.71. The van der Waals surface area contributed by atoms with E-state index in [9.17, 15) is 23.9 Å². The van der Waals surface area contributed by atoms with Crippen LogP contribution >= 0.6 is 0 Å². The van der Waals surface area contributed by atoms with Crippen LogP contribution in [0.1, 0.15) is 35.7 Å². The van der Waals surface area contributed by atoms with Crippen molar-refractivity contribution in [1.82, 2.24) is 9.13 Å². The molecule has 1 atom stereocenters. The van der Waals surface area contributed by atoms with Crippen molar-refractivity contribution in [3.63, 3.8) is 0 Å². The van der Waals surface area contributed by atoms with E-state index in [4.69, 9.17) is 5.73 Å². The van der Waals surface area contributed by atoms with Crippen molar-refractivity contribution in [1.29, 1.82) is 0 Å². The lowest BCUT2D eigenvalue weighted by atomic mass is 10.1. The molecule has 2 aromatic rings. The molecule has 3 N–H and O–H groups in total. The van der Waals surface area contributed by atoms with Crippen molar-refractivity contribution in [2.75, 3.05) is 18.0 Å². The number of hydrogen-bond acceptors (Lipinski definition) is 5.